The van der Waals surface area contributed by atoms with E-state index in [-0.39, 0.29) is 5.15 Å². The highest BCUT2D eigenvalue weighted by atomic mass is 35.5. The molecule has 2 heterocycles. The van der Waals surface area contributed by atoms with Gasteiger partial charge in [0.05, 0.1) is 0 Å². The fourth-order valence-electron chi connectivity index (χ4n) is 1.12. The lowest BCUT2D eigenvalue weighted by Crippen LogP contribution is -1.94. The van der Waals surface area contributed by atoms with Crippen molar-refractivity contribution in [2.75, 3.05) is 0 Å². The Morgan fingerprint density at radius 3 is 2.75 bits per heavy atom. The maximum absolute atomic E-state index is 5.84. The van der Waals surface area contributed by atoms with E-state index in [9.17, 15) is 0 Å². The summed E-state index contributed by atoms with van der Waals surface area (Å²) in [6, 6.07) is 4.93. The molecular formula is C10H7Cl2N3O. The molecule has 0 saturated carbocycles. The van der Waals surface area contributed by atoms with Crippen molar-refractivity contribution in [3.63, 3.8) is 0 Å². The minimum absolute atomic E-state index is 0.273. The van der Waals surface area contributed by atoms with Crippen molar-refractivity contribution in [2.24, 2.45) is 0 Å². The number of hydrogen-bond donors (Lipinski definition) is 0. The number of pyridine rings is 1. The second-order valence-corrected chi connectivity index (χ2v) is 3.72. The van der Waals surface area contributed by atoms with E-state index in [1.807, 2.05) is 0 Å². The highest BCUT2D eigenvalue weighted by molar-refractivity contribution is 6.30. The van der Waals surface area contributed by atoms with Crippen LogP contribution in [0.15, 0.2) is 24.4 Å². The predicted octanol–water partition coefficient (Wildman–Crippen LogP) is 3.28. The van der Waals surface area contributed by atoms with E-state index in [0.717, 1.165) is 0 Å². The summed E-state index contributed by atoms with van der Waals surface area (Å²) in [4.78, 5) is 11.9. The van der Waals surface area contributed by atoms with Crippen LogP contribution in [0.4, 0.5) is 0 Å². The van der Waals surface area contributed by atoms with Gasteiger partial charge < -0.3 is 4.74 Å². The Hall–Kier alpha value is -1.39. The lowest BCUT2D eigenvalue weighted by Gasteiger charge is -2.06. The van der Waals surface area contributed by atoms with Gasteiger partial charge in [-0.25, -0.2) is 9.97 Å². The molecule has 0 radical (unpaired) electrons. The molecule has 0 aliphatic carbocycles. The minimum atomic E-state index is 0.273. The first-order valence-electron chi connectivity index (χ1n) is 4.45. The van der Waals surface area contributed by atoms with Crippen LogP contribution in [-0.4, -0.2) is 15.0 Å². The molecule has 0 fully saturated rings. The maximum atomic E-state index is 5.84. The van der Waals surface area contributed by atoms with E-state index in [0.29, 0.717) is 22.6 Å². The van der Waals surface area contributed by atoms with E-state index in [4.69, 9.17) is 27.9 Å². The van der Waals surface area contributed by atoms with E-state index in [1.165, 1.54) is 6.07 Å². The Morgan fingerprint density at radius 2 is 2.06 bits per heavy atom. The summed E-state index contributed by atoms with van der Waals surface area (Å²) >= 11 is 11.6. The van der Waals surface area contributed by atoms with Gasteiger partial charge in [0.15, 0.2) is 10.9 Å². The Bertz CT molecular complexity index is 499. The average Bonchev–Trinajstić information content (AvgIpc) is 2.20. The molecule has 6 heteroatoms. The van der Waals surface area contributed by atoms with Crippen LogP contribution >= 0.6 is 23.2 Å². The molecule has 2 aromatic rings. The zero-order valence-electron chi connectivity index (χ0n) is 8.32. The third kappa shape index (κ3) is 2.59. The lowest BCUT2D eigenvalue weighted by atomic mass is 10.4. The van der Waals surface area contributed by atoms with Gasteiger partial charge in [0.1, 0.15) is 11.0 Å². The lowest BCUT2D eigenvalue weighted by molar-refractivity contribution is 0.458. The molecule has 16 heavy (non-hydrogen) atoms. The fourth-order valence-corrected chi connectivity index (χ4v) is 1.49. The van der Waals surface area contributed by atoms with Crippen molar-refractivity contribution in [2.45, 2.75) is 6.92 Å². The summed E-state index contributed by atoms with van der Waals surface area (Å²) < 4.78 is 5.44. The van der Waals surface area contributed by atoms with E-state index in [1.54, 1.807) is 25.3 Å². The fraction of sp³-hybridized carbons (Fsp3) is 0.100. The van der Waals surface area contributed by atoms with Gasteiger partial charge in [0.25, 0.3) is 0 Å². The molecule has 0 spiro atoms. The zero-order valence-corrected chi connectivity index (χ0v) is 9.83. The van der Waals surface area contributed by atoms with E-state index < -0.39 is 0 Å². The Morgan fingerprint density at radius 1 is 1.25 bits per heavy atom. The molecule has 82 valence electrons. The Kier molecular flexibility index (Phi) is 3.22. The van der Waals surface area contributed by atoms with Gasteiger partial charge >= 0.3 is 0 Å². The third-order valence-electron chi connectivity index (χ3n) is 1.72. The van der Waals surface area contributed by atoms with Crippen molar-refractivity contribution in [3.05, 3.63) is 40.5 Å². The number of nitrogens with zero attached hydrogens (tertiary/aromatic N) is 3. The first-order chi connectivity index (χ1) is 7.65. The summed E-state index contributed by atoms with van der Waals surface area (Å²) in [7, 11) is 0. The first-order valence-corrected chi connectivity index (χ1v) is 5.20. The molecule has 0 saturated heterocycles. The number of aryl methyl sites for hydroxylation is 1. The molecular weight excluding hydrogens is 249 g/mol. The Balaban J connectivity index is 2.30. The normalized spacial score (nSPS) is 10.2. The van der Waals surface area contributed by atoms with Crippen LogP contribution in [-0.2, 0) is 0 Å². The number of rotatable bonds is 2. The molecule has 0 aliphatic heterocycles. The van der Waals surface area contributed by atoms with Crippen LogP contribution in [0.3, 0.4) is 0 Å². The summed E-state index contributed by atoms with van der Waals surface area (Å²) in [5, 5.41) is 0.595. The topological polar surface area (TPSA) is 47.9 Å². The SMILES string of the molecule is Cc1nc(Cl)cc(Oc2cccnc2Cl)n1. The van der Waals surface area contributed by atoms with Crippen LogP contribution in [0.1, 0.15) is 5.82 Å². The van der Waals surface area contributed by atoms with Gasteiger partial charge in [-0.3, -0.25) is 0 Å². The van der Waals surface area contributed by atoms with Crippen LogP contribution in [0.5, 0.6) is 11.6 Å². The Labute approximate surface area is 102 Å². The summed E-state index contributed by atoms with van der Waals surface area (Å²) in [6.07, 6.45) is 1.58. The first kappa shape index (κ1) is 11.1. The van der Waals surface area contributed by atoms with E-state index >= 15 is 0 Å². The van der Waals surface area contributed by atoms with Crippen LogP contribution < -0.4 is 4.74 Å². The maximum Gasteiger partial charge on any atom is 0.224 e. The summed E-state index contributed by atoms with van der Waals surface area (Å²) in [5.74, 6) is 1.30. The van der Waals surface area contributed by atoms with E-state index in [2.05, 4.69) is 15.0 Å². The average molecular weight is 256 g/mol. The zero-order chi connectivity index (χ0) is 11.5. The number of ether oxygens (including phenoxy) is 1. The third-order valence-corrected chi connectivity index (χ3v) is 2.20. The molecule has 0 unspecified atom stereocenters. The van der Waals surface area contributed by atoms with Crippen molar-refractivity contribution >= 4 is 23.2 Å². The van der Waals surface area contributed by atoms with Gasteiger partial charge in [-0.1, -0.05) is 23.2 Å². The van der Waals surface area contributed by atoms with Crippen molar-refractivity contribution in [1.82, 2.24) is 15.0 Å². The number of aromatic nitrogens is 3. The van der Waals surface area contributed by atoms with Crippen molar-refractivity contribution in [3.8, 4) is 11.6 Å². The van der Waals surface area contributed by atoms with Gasteiger partial charge in [-0.2, -0.15) is 4.98 Å². The van der Waals surface area contributed by atoms with Gasteiger partial charge in [0.2, 0.25) is 5.88 Å². The molecule has 0 atom stereocenters. The molecule has 0 amide bonds. The molecule has 0 N–H and O–H groups in total. The number of hydrogen-bond acceptors (Lipinski definition) is 4. The highest BCUT2D eigenvalue weighted by Crippen LogP contribution is 2.26. The van der Waals surface area contributed by atoms with Gasteiger partial charge in [-0.15, -0.1) is 0 Å². The molecule has 0 aromatic carbocycles. The molecule has 0 bridgehead atoms. The van der Waals surface area contributed by atoms with Crippen LogP contribution in [0.2, 0.25) is 10.3 Å². The second-order valence-electron chi connectivity index (χ2n) is 2.97. The molecule has 0 aliphatic rings. The van der Waals surface area contributed by atoms with Crippen molar-refractivity contribution in [1.29, 1.82) is 0 Å². The monoisotopic (exact) mass is 255 g/mol. The van der Waals surface area contributed by atoms with Gasteiger partial charge in [-0.05, 0) is 19.1 Å². The summed E-state index contributed by atoms with van der Waals surface area (Å²) in [5.41, 5.74) is 0. The molecule has 2 rings (SSSR count). The summed E-state index contributed by atoms with van der Waals surface area (Å²) in [6.45, 7) is 1.73. The largest absolute Gasteiger partial charge is 0.436 e. The standard InChI is InChI=1S/C10H7Cl2N3O/c1-6-14-8(11)5-9(15-6)16-7-3-2-4-13-10(7)12/h2-5H,1H3. The number of halogens is 2. The van der Waals surface area contributed by atoms with Crippen LogP contribution in [0, 0.1) is 6.92 Å². The molecule has 4 nitrogen and oxygen atoms in total. The van der Waals surface area contributed by atoms with Gasteiger partial charge in [0, 0.05) is 12.3 Å². The highest BCUT2D eigenvalue weighted by Gasteiger charge is 2.06. The van der Waals surface area contributed by atoms with Crippen LogP contribution in [0.25, 0.3) is 0 Å². The molecule has 2 aromatic heterocycles. The second kappa shape index (κ2) is 4.63. The smallest absolute Gasteiger partial charge is 0.224 e. The predicted molar refractivity (Wildman–Crippen MR) is 61.1 cm³/mol. The minimum Gasteiger partial charge on any atom is -0.436 e. The van der Waals surface area contributed by atoms with Crippen molar-refractivity contribution < 1.29 is 4.74 Å². The quantitative estimate of drug-likeness (QED) is 0.611.